The minimum Gasteiger partial charge on any atom is -1.00 e. The molecule has 8 heteroatoms. The largest absolute Gasteiger partial charge is 1.00 e. The van der Waals surface area contributed by atoms with Crippen molar-refractivity contribution in [2.45, 2.75) is 0 Å². The van der Waals surface area contributed by atoms with E-state index in [1.165, 1.54) is 0 Å². The average Bonchev–Trinajstić information content (AvgIpc) is 0. The number of hydrogen-bond donors (Lipinski definition) is 0. The molecular formula is H6F7Li. The molecule has 0 nitrogen and oxygen atoms in total. The Morgan fingerprint density at radius 1 is 0.375 bits per heavy atom. The molecule has 0 unspecified atom stereocenters. The van der Waals surface area contributed by atoms with Gasteiger partial charge in [-0.05, 0) is 0 Å². The van der Waals surface area contributed by atoms with Gasteiger partial charge in [-0.25, -0.2) is 0 Å². The zero-order valence-electron chi connectivity index (χ0n) is 3.83. The van der Waals surface area contributed by atoms with Crippen LogP contribution in [0.25, 0.3) is 0 Å². The maximum atomic E-state index is 0. The molecule has 0 aromatic carbocycles. The molecule has 0 aromatic rings. The zero-order valence-corrected chi connectivity index (χ0v) is 3.83. The smallest absolute Gasteiger partial charge is 1.00 e. The molecule has 0 saturated heterocycles. The summed E-state index contributed by atoms with van der Waals surface area (Å²) in [6, 6.07) is 0. The summed E-state index contributed by atoms with van der Waals surface area (Å²) in [7, 11) is 0. The summed E-state index contributed by atoms with van der Waals surface area (Å²) >= 11 is 0. The minimum atomic E-state index is 0. The van der Waals surface area contributed by atoms with Crippen molar-refractivity contribution in [2.24, 2.45) is 0 Å². The Balaban J connectivity index is 0. The first-order valence-corrected chi connectivity index (χ1v) is 0. The molecule has 0 fully saturated rings. The molecule has 0 aliphatic rings. The van der Waals surface area contributed by atoms with Gasteiger partial charge in [-0.3, -0.25) is 28.2 Å². The molecule has 0 amide bonds. The van der Waals surface area contributed by atoms with Crippen molar-refractivity contribution >= 4 is 0 Å². The van der Waals surface area contributed by atoms with Crippen LogP contribution in [0.1, 0.15) is 0 Å². The van der Waals surface area contributed by atoms with Crippen molar-refractivity contribution in [3.63, 3.8) is 0 Å². The van der Waals surface area contributed by atoms with E-state index in [1.54, 1.807) is 0 Å². The van der Waals surface area contributed by atoms with Gasteiger partial charge >= 0.3 is 18.9 Å². The van der Waals surface area contributed by atoms with Gasteiger partial charge in [-0.2, -0.15) is 0 Å². The van der Waals surface area contributed by atoms with E-state index < -0.39 is 0 Å². The fourth-order valence-electron chi connectivity index (χ4n) is 0. The van der Waals surface area contributed by atoms with Crippen molar-refractivity contribution in [3.05, 3.63) is 0 Å². The number of rotatable bonds is 0. The molecule has 0 rings (SSSR count). The number of halogens is 7. The summed E-state index contributed by atoms with van der Waals surface area (Å²) in [6.45, 7) is 0. The normalized spacial score (nSPS) is 0. The van der Waals surface area contributed by atoms with Crippen molar-refractivity contribution < 1.29 is 51.8 Å². The van der Waals surface area contributed by atoms with E-state index in [4.69, 9.17) is 0 Å². The molecule has 8 heavy (non-hydrogen) atoms. The van der Waals surface area contributed by atoms with E-state index in [0.29, 0.717) is 0 Å². The minimum absolute atomic E-state index is 0. The van der Waals surface area contributed by atoms with Gasteiger partial charge in [0.2, 0.25) is 0 Å². The van der Waals surface area contributed by atoms with Gasteiger partial charge in [0.25, 0.3) is 0 Å². The standard InChI is InChI=1S/7FH.Li/h7*1H;/q;;;;;;;+1/p-1. The Morgan fingerprint density at radius 3 is 0.375 bits per heavy atom. The Bertz CT molecular complexity index is 4.35. The molecule has 0 aliphatic carbocycles. The SMILES string of the molecule is F.F.F.F.F.F.[F-].[Li+]. The molecule has 0 aromatic heterocycles. The third-order valence-electron chi connectivity index (χ3n) is 0. The van der Waals surface area contributed by atoms with E-state index in [1.807, 2.05) is 0 Å². The van der Waals surface area contributed by atoms with Gasteiger partial charge in [-0.15, -0.1) is 0 Å². The van der Waals surface area contributed by atoms with Crippen molar-refractivity contribution in [3.8, 4) is 0 Å². The second-order valence-corrected chi connectivity index (χ2v) is 0. The summed E-state index contributed by atoms with van der Waals surface area (Å²) in [4.78, 5) is 0. The first-order chi connectivity index (χ1) is 0. The van der Waals surface area contributed by atoms with Crippen LogP contribution in [-0.2, 0) is 0 Å². The van der Waals surface area contributed by atoms with Crippen LogP contribution in [-0.4, -0.2) is 0 Å². The monoisotopic (exact) mass is 146 g/mol. The maximum Gasteiger partial charge on any atom is 1.00 e. The second-order valence-electron chi connectivity index (χ2n) is 0. The van der Waals surface area contributed by atoms with Crippen LogP contribution < -0.4 is 23.6 Å². The summed E-state index contributed by atoms with van der Waals surface area (Å²) < 4.78 is 0. The average molecular weight is 146 g/mol. The van der Waals surface area contributed by atoms with Gasteiger partial charge in [0, 0.05) is 0 Å². The first kappa shape index (κ1) is 35500. The van der Waals surface area contributed by atoms with E-state index in [9.17, 15) is 0 Å². The predicted octanol–water partition coefficient (Wildman–Crippen LogP) is -5.08. The third-order valence-corrected chi connectivity index (χ3v) is 0. The topological polar surface area (TPSA) is 0 Å². The van der Waals surface area contributed by atoms with E-state index in [0.717, 1.165) is 0 Å². The van der Waals surface area contributed by atoms with Crippen molar-refractivity contribution in [1.29, 1.82) is 0 Å². The van der Waals surface area contributed by atoms with Crippen LogP contribution >= 0.6 is 0 Å². The molecule has 0 spiro atoms. The Kier molecular flexibility index (Phi) is 102000000. The molecule has 0 heterocycles. The van der Waals surface area contributed by atoms with Crippen molar-refractivity contribution in [2.75, 3.05) is 0 Å². The molecular weight excluding hydrogens is 140 g/mol. The van der Waals surface area contributed by atoms with E-state index >= 15 is 0 Å². The van der Waals surface area contributed by atoms with Crippen LogP contribution in [0.2, 0.25) is 0 Å². The zero-order chi connectivity index (χ0) is 0. The molecule has 0 bridgehead atoms. The van der Waals surface area contributed by atoms with Gasteiger partial charge in [0.15, 0.2) is 0 Å². The first-order valence-electron chi connectivity index (χ1n) is 0. The van der Waals surface area contributed by atoms with Crippen LogP contribution in [0.5, 0.6) is 0 Å². The third kappa shape index (κ3) is 13800. The van der Waals surface area contributed by atoms with Crippen LogP contribution in [0, 0.1) is 0 Å². The van der Waals surface area contributed by atoms with Gasteiger partial charge in [0.1, 0.15) is 0 Å². The van der Waals surface area contributed by atoms with Gasteiger partial charge < -0.3 is 4.70 Å². The second kappa shape index (κ2) is 23000. The fourth-order valence-corrected chi connectivity index (χ4v) is 0. The van der Waals surface area contributed by atoms with Gasteiger partial charge in [0.05, 0.1) is 0 Å². The Labute approximate surface area is 52.8 Å². The quantitative estimate of drug-likeness (QED) is 0.237. The van der Waals surface area contributed by atoms with Crippen LogP contribution in [0.15, 0.2) is 0 Å². The van der Waals surface area contributed by atoms with Crippen LogP contribution in [0.3, 0.4) is 0 Å². The summed E-state index contributed by atoms with van der Waals surface area (Å²) in [5, 5.41) is 0. The van der Waals surface area contributed by atoms with E-state index in [2.05, 4.69) is 0 Å². The fraction of sp³-hybridized carbons (Fsp3) is 0. The van der Waals surface area contributed by atoms with Crippen molar-refractivity contribution in [1.82, 2.24) is 0 Å². The predicted molar refractivity (Wildman–Crippen MR) is 15.0 cm³/mol. The molecule has 56 valence electrons. The molecule has 0 saturated carbocycles. The summed E-state index contributed by atoms with van der Waals surface area (Å²) in [5.74, 6) is 0. The molecule has 0 radical (unpaired) electrons. The van der Waals surface area contributed by atoms with Gasteiger partial charge in [-0.1, -0.05) is 0 Å². The molecule has 0 N–H and O–H groups in total. The Hall–Kier alpha value is 0.107. The molecule has 0 aliphatic heterocycles. The Morgan fingerprint density at radius 2 is 0.375 bits per heavy atom. The molecule has 0 atom stereocenters. The van der Waals surface area contributed by atoms with Crippen LogP contribution in [0.4, 0.5) is 28.2 Å². The maximum absolute atomic E-state index is 0. The summed E-state index contributed by atoms with van der Waals surface area (Å²) in [5.41, 5.74) is 0. The number of hydrogen-bond acceptors (Lipinski definition) is 0. The summed E-state index contributed by atoms with van der Waals surface area (Å²) in [6.07, 6.45) is 0. The van der Waals surface area contributed by atoms with E-state index in [-0.39, 0.29) is 51.8 Å².